The summed E-state index contributed by atoms with van der Waals surface area (Å²) in [5.41, 5.74) is 6.11. The first-order valence-electron chi connectivity index (χ1n) is 10.2. The van der Waals surface area contributed by atoms with E-state index in [0.29, 0.717) is 12.3 Å². The van der Waals surface area contributed by atoms with Gasteiger partial charge in [0, 0.05) is 10.2 Å². The van der Waals surface area contributed by atoms with Crippen LogP contribution in [0.15, 0.2) is 92.9 Å². The zero-order chi connectivity index (χ0) is 23.2. The molecule has 0 radical (unpaired) electrons. The zero-order valence-electron chi connectivity index (χ0n) is 17.8. The molecule has 0 heterocycles. The molecule has 166 valence electrons. The highest BCUT2D eigenvalue weighted by Gasteiger charge is 2.05. The molecule has 7 heteroatoms. The van der Waals surface area contributed by atoms with E-state index in [0.717, 1.165) is 31.4 Å². The van der Waals surface area contributed by atoms with Crippen LogP contribution in [-0.4, -0.2) is 12.2 Å². The molecule has 4 rings (SSSR count). The van der Waals surface area contributed by atoms with Gasteiger partial charge in [-0.3, -0.25) is 0 Å². The maximum Gasteiger partial charge on any atom is 0.339 e. The third kappa shape index (κ3) is 6.21. The number of hydrazone groups is 1. The average molecular weight is 567 g/mol. The van der Waals surface area contributed by atoms with Crippen LogP contribution in [-0.2, 0) is 6.61 Å². The molecular formula is C26H21Br2N3O2. The Kier molecular flexibility index (Phi) is 7.42. The van der Waals surface area contributed by atoms with Gasteiger partial charge < -0.3 is 10.1 Å². The van der Waals surface area contributed by atoms with Crippen molar-refractivity contribution >= 4 is 60.6 Å². The molecule has 5 nitrogen and oxygen atoms in total. The summed E-state index contributed by atoms with van der Waals surface area (Å²) in [7, 11) is 0. The lowest BCUT2D eigenvalue weighted by molar-refractivity contribution is 0.252. The van der Waals surface area contributed by atoms with Crippen LogP contribution in [0.4, 0.5) is 10.5 Å². The fourth-order valence-electron chi connectivity index (χ4n) is 3.25. The van der Waals surface area contributed by atoms with Crippen molar-refractivity contribution in [3.05, 3.63) is 104 Å². The molecule has 2 amide bonds. The Morgan fingerprint density at radius 3 is 2.55 bits per heavy atom. The van der Waals surface area contributed by atoms with Gasteiger partial charge in [-0.2, -0.15) is 5.10 Å². The smallest absolute Gasteiger partial charge is 0.339 e. The van der Waals surface area contributed by atoms with E-state index in [4.69, 9.17) is 4.74 Å². The summed E-state index contributed by atoms with van der Waals surface area (Å²) in [4.78, 5) is 12.0. The summed E-state index contributed by atoms with van der Waals surface area (Å²) >= 11 is 6.99. The van der Waals surface area contributed by atoms with Gasteiger partial charge in [-0.25, -0.2) is 10.2 Å². The maximum absolute atomic E-state index is 12.0. The summed E-state index contributed by atoms with van der Waals surface area (Å²) in [5.74, 6) is 0.733. The molecule has 0 aromatic heterocycles. The van der Waals surface area contributed by atoms with E-state index in [1.165, 1.54) is 10.8 Å². The molecule has 0 aliphatic carbocycles. The van der Waals surface area contributed by atoms with E-state index in [9.17, 15) is 4.79 Å². The van der Waals surface area contributed by atoms with Crippen LogP contribution in [0.3, 0.4) is 0 Å². The number of benzene rings is 4. The number of urea groups is 1. The lowest BCUT2D eigenvalue weighted by Gasteiger charge is -2.10. The highest BCUT2D eigenvalue weighted by Crippen LogP contribution is 2.27. The van der Waals surface area contributed by atoms with E-state index in [1.807, 2.05) is 55.5 Å². The number of hydrogen-bond acceptors (Lipinski definition) is 3. The summed E-state index contributed by atoms with van der Waals surface area (Å²) in [6.45, 7) is 2.42. The van der Waals surface area contributed by atoms with Crippen molar-refractivity contribution in [2.75, 3.05) is 5.32 Å². The average Bonchev–Trinajstić information content (AvgIpc) is 2.81. The number of nitrogens with one attached hydrogen (secondary N) is 2. The lowest BCUT2D eigenvalue weighted by Crippen LogP contribution is -2.24. The molecule has 4 aromatic rings. The molecule has 0 saturated carbocycles. The quantitative estimate of drug-likeness (QED) is 0.188. The zero-order valence-corrected chi connectivity index (χ0v) is 21.0. The monoisotopic (exact) mass is 565 g/mol. The highest BCUT2D eigenvalue weighted by molar-refractivity contribution is 9.10. The van der Waals surface area contributed by atoms with E-state index < -0.39 is 6.03 Å². The van der Waals surface area contributed by atoms with Crippen molar-refractivity contribution in [2.45, 2.75) is 13.5 Å². The largest absolute Gasteiger partial charge is 0.488 e. The molecule has 0 unspecified atom stereocenters. The van der Waals surface area contributed by atoms with Gasteiger partial charge in [0.25, 0.3) is 0 Å². The third-order valence-electron chi connectivity index (χ3n) is 4.96. The molecule has 0 aliphatic heterocycles. The van der Waals surface area contributed by atoms with Crippen LogP contribution >= 0.6 is 31.9 Å². The molecule has 0 atom stereocenters. The number of nitrogens with zero attached hydrogens (tertiary/aromatic N) is 1. The number of ether oxygens (including phenoxy) is 1. The van der Waals surface area contributed by atoms with Gasteiger partial charge in [0.2, 0.25) is 0 Å². The van der Waals surface area contributed by atoms with Crippen molar-refractivity contribution in [3.63, 3.8) is 0 Å². The number of halogens is 2. The van der Waals surface area contributed by atoms with Crippen molar-refractivity contribution in [1.82, 2.24) is 5.43 Å². The number of carbonyl (C=O) groups is 1. The standard InChI is InChI=1S/C26H21Br2N3O2/c1-17-12-22(9-10-23(17)27)30-26(32)31-29-15-18-7-11-25(24(28)14-18)33-16-19-6-8-20-4-2-3-5-21(20)13-19/h2-15H,16H2,1H3,(H2,30,31,32)/b29-15+. The normalized spacial score (nSPS) is 11.0. The van der Waals surface area contributed by atoms with Gasteiger partial charge >= 0.3 is 6.03 Å². The van der Waals surface area contributed by atoms with Crippen molar-refractivity contribution < 1.29 is 9.53 Å². The lowest BCUT2D eigenvalue weighted by atomic mass is 10.1. The van der Waals surface area contributed by atoms with Crippen molar-refractivity contribution in [3.8, 4) is 5.75 Å². The minimum Gasteiger partial charge on any atom is -0.488 e. The number of fused-ring (bicyclic) bond motifs is 1. The second-order valence-electron chi connectivity index (χ2n) is 7.45. The fourth-order valence-corrected chi connectivity index (χ4v) is 4.01. The SMILES string of the molecule is Cc1cc(NC(=O)N/N=C/c2ccc(OCc3ccc4ccccc4c3)c(Br)c2)ccc1Br. The van der Waals surface area contributed by atoms with Gasteiger partial charge in [0.15, 0.2) is 0 Å². The van der Waals surface area contributed by atoms with Crippen LogP contribution in [0.5, 0.6) is 5.75 Å². The summed E-state index contributed by atoms with van der Waals surface area (Å²) in [6.07, 6.45) is 1.57. The van der Waals surface area contributed by atoms with Crippen LogP contribution in [0.1, 0.15) is 16.7 Å². The first kappa shape index (κ1) is 23.0. The first-order valence-corrected chi connectivity index (χ1v) is 11.8. The predicted molar refractivity (Wildman–Crippen MR) is 141 cm³/mol. The molecule has 0 bridgehead atoms. The first-order chi connectivity index (χ1) is 16.0. The van der Waals surface area contributed by atoms with Crippen LogP contribution in [0, 0.1) is 6.92 Å². The Bertz CT molecular complexity index is 1340. The molecule has 0 saturated heterocycles. The van der Waals surface area contributed by atoms with Gasteiger partial charge in [0.05, 0.1) is 10.7 Å². The Hall–Kier alpha value is -3.16. The molecule has 33 heavy (non-hydrogen) atoms. The Labute approximate surface area is 209 Å². The summed E-state index contributed by atoms with van der Waals surface area (Å²) in [6, 6.07) is 25.4. The van der Waals surface area contributed by atoms with Gasteiger partial charge in [0.1, 0.15) is 12.4 Å². The Morgan fingerprint density at radius 1 is 0.939 bits per heavy atom. The van der Waals surface area contributed by atoms with Crippen LogP contribution in [0.2, 0.25) is 0 Å². The molecular weight excluding hydrogens is 546 g/mol. The number of carbonyl (C=O) groups excluding carboxylic acids is 1. The predicted octanol–water partition coefficient (Wildman–Crippen LogP) is 7.41. The topological polar surface area (TPSA) is 62.7 Å². The number of rotatable bonds is 6. The fraction of sp³-hybridized carbons (Fsp3) is 0.0769. The van der Waals surface area contributed by atoms with E-state index in [-0.39, 0.29) is 0 Å². The number of hydrogen-bond donors (Lipinski definition) is 2. The van der Waals surface area contributed by atoms with Crippen molar-refractivity contribution in [2.24, 2.45) is 5.10 Å². The van der Waals surface area contributed by atoms with Crippen LogP contribution < -0.4 is 15.5 Å². The maximum atomic E-state index is 12.0. The minimum absolute atomic E-state index is 0.414. The van der Waals surface area contributed by atoms with Gasteiger partial charge in [-0.15, -0.1) is 0 Å². The molecule has 0 spiro atoms. The molecule has 0 fully saturated rings. The third-order valence-corrected chi connectivity index (χ3v) is 6.47. The van der Waals surface area contributed by atoms with Gasteiger partial charge in [-0.05, 0) is 92.8 Å². The van der Waals surface area contributed by atoms with Gasteiger partial charge in [-0.1, -0.05) is 52.3 Å². The second-order valence-corrected chi connectivity index (χ2v) is 9.16. The Morgan fingerprint density at radius 2 is 1.76 bits per heavy atom. The number of amides is 2. The number of aryl methyl sites for hydroxylation is 1. The van der Waals surface area contributed by atoms with E-state index >= 15 is 0 Å². The molecule has 0 aliphatic rings. The molecule has 4 aromatic carbocycles. The van der Waals surface area contributed by atoms with E-state index in [2.05, 4.69) is 78.0 Å². The molecule has 2 N–H and O–H groups in total. The Balaban J connectivity index is 1.32. The number of anilines is 1. The van der Waals surface area contributed by atoms with Crippen LogP contribution in [0.25, 0.3) is 10.8 Å². The van der Waals surface area contributed by atoms with Crippen molar-refractivity contribution in [1.29, 1.82) is 0 Å². The van der Waals surface area contributed by atoms with E-state index in [1.54, 1.807) is 6.21 Å². The minimum atomic E-state index is -0.414. The highest BCUT2D eigenvalue weighted by atomic mass is 79.9. The second kappa shape index (κ2) is 10.6. The summed E-state index contributed by atoms with van der Waals surface area (Å²) < 4.78 is 7.77. The summed E-state index contributed by atoms with van der Waals surface area (Å²) in [5, 5.41) is 9.16.